The number of hydrogen-bond donors (Lipinski definition) is 1. The summed E-state index contributed by atoms with van der Waals surface area (Å²) in [5.41, 5.74) is 9.34. The van der Waals surface area contributed by atoms with Crippen LogP contribution < -0.4 is 10.5 Å². The molecule has 2 N–H and O–H groups in total. The lowest BCUT2D eigenvalue weighted by molar-refractivity contribution is 0.293. The molecule has 0 spiro atoms. The number of benzene rings is 1. The molecule has 4 nitrogen and oxygen atoms in total. The summed E-state index contributed by atoms with van der Waals surface area (Å²) >= 11 is 0. The van der Waals surface area contributed by atoms with Crippen LogP contribution in [0.3, 0.4) is 0 Å². The summed E-state index contributed by atoms with van der Waals surface area (Å²) in [4.78, 5) is 6.97. The monoisotopic (exact) mass is 311 g/mol. The van der Waals surface area contributed by atoms with Gasteiger partial charge in [0.05, 0.1) is 5.69 Å². The minimum absolute atomic E-state index is 0.303. The van der Waals surface area contributed by atoms with Crippen LogP contribution in [0.1, 0.15) is 43.0 Å². The first kappa shape index (κ1) is 15.8. The topological polar surface area (TPSA) is 51.4 Å². The second-order valence-electron chi connectivity index (χ2n) is 5.97. The molecule has 0 amide bonds. The summed E-state index contributed by atoms with van der Waals surface area (Å²) in [6.45, 7) is 8.13. The highest BCUT2D eigenvalue weighted by molar-refractivity contribution is 5.47. The van der Waals surface area contributed by atoms with E-state index in [1.807, 2.05) is 12.1 Å². The number of anilines is 1. The Hall–Kier alpha value is -2.07. The van der Waals surface area contributed by atoms with E-state index < -0.39 is 0 Å². The maximum atomic E-state index is 5.99. The highest BCUT2D eigenvalue weighted by atomic mass is 16.5. The van der Waals surface area contributed by atoms with Gasteiger partial charge < -0.3 is 15.4 Å². The SMILES string of the molecule is CCN(CC)CCC1c2ccccc2OCc2nc(N)ccc21. The van der Waals surface area contributed by atoms with E-state index in [1.54, 1.807) is 0 Å². The summed E-state index contributed by atoms with van der Waals surface area (Å²) in [6, 6.07) is 12.4. The van der Waals surface area contributed by atoms with Crippen LogP contribution in [0.5, 0.6) is 5.75 Å². The zero-order chi connectivity index (χ0) is 16.2. The fraction of sp³-hybridized carbons (Fsp3) is 0.421. The molecule has 0 saturated heterocycles. The smallest absolute Gasteiger partial charge is 0.131 e. The number of hydrogen-bond acceptors (Lipinski definition) is 4. The molecule has 1 aromatic carbocycles. The fourth-order valence-electron chi connectivity index (χ4n) is 3.34. The predicted octanol–water partition coefficient (Wildman–Crippen LogP) is 3.42. The van der Waals surface area contributed by atoms with Gasteiger partial charge in [-0.1, -0.05) is 38.1 Å². The second-order valence-corrected chi connectivity index (χ2v) is 5.97. The first-order chi connectivity index (χ1) is 11.2. The van der Waals surface area contributed by atoms with Crippen LogP contribution in [0.2, 0.25) is 0 Å². The largest absolute Gasteiger partial charge is 0.487 e. The van der Waals surface area contributed by atoms with Crippen molar-refractivity contribution in [2.45, 2.75) is 32.8 Å². The summed E-state index contributed by atoms with van der Waals surface area (Å²) < 4.78 is 5.99. The molecule has 2 heterocycles. The molecule has 1 aliphatic heterocycles. The van der Waals surface area contributed by atoms with E-state index in [0.29, 0.717) is 18.3 Å². The van der Waals surface area contributed by atoms with Crippen LogP contribution in [-0.2, 0) is 6.61 Å². The van der Waals surface area contributed by atoms with Gasteiger partial charge >= 0.3 is 0 Å². The van der Waals surface area contributed by atoms with Crippen molar-refractivity contribution >= 4 is 5.82 Å². The number of para-hydroxylation sites is 1. The average Bonchev–Trinajstić information content (AvgIpc) is 2.73. The van der Waals surface area contributed by atoms with Gasteiger partial charge in [0, 0.05) is 11.5 Å². The number of rotatable bonds is 5. The number of nitrogens with two attached hydrogens (primary N) is 1. The number of nitrogens with zero attached hydrogens (tertiary/aromatic N) is 2. The van der Waals surface area contributed by atoms with E-state index in [0.717, 1.165) is 37.5 Å². The van der Waals surface area contributed by atoms with Gasteiger partial charge in [-0.25, -0.2) is 4.98 Å². The molecule has 0 saturated carbocycles. The quantitative estimate of drug-likeness (QED) is 0.919. The third-order valence-electron chi connectivity index (χ3n) is 4.69. The van der Waals surface area contributed by atoms with Crippen LogP contribution in [0, 0.1) is 0 Å². The van der Waals surface area contributed by atoms with Gasteiger partial charge in [-0.05, 0) is 43.8 Å². The van der Waals surface area contributed by atoms with E-state index in [4.69, 9.17) is 10.5 Å². The fourth-order valence-corrected chi connectivity index (χ4v) is 3.34. The predicted molar refractivity (Wildman–Crippen MR) is 93.7 cm³/mol. The molecule has 122 valence electrons. The van der Waals surface area contributed by atoms with Gasteiger partial charge in [0.1, 0.15) is 18.2 Å². The molecule has 1 atom stereocenters. The zero-order valence-electron chi connectivity index (χ0n) is 14.0. The standard InChI is InChI=1S/C19H25N3O/c1-3-22(4-2)12-11-14-15-9-10-19(20)21-17(15)13-23-18-8-6-5-7-16(14)18/h5-10,14H,3-4,11-13H2,1-2H3,(H2,20,21). The Labute approximate surface area is 138 Å². The number of aromatic nitrogens is 1. The summed E-state index contributed by atoms with van der Waals surface area (Å²) in [7, 11) is 0. The molecule has 1 aliphatic rings. The third-order valence-corrected chi connectivity index (χ3v) is 4.69. The highest BCUT2D eigenvalue weighted by Gasteiger charge is 2.25. The molecule has 0 fully saturated rings. The second kappa shape index (κ2) is 7.01. The first-order valence-electron chi connectivity index (χ1n) is 8.42. The molecule has 4 heteroatoms. The molecule has 0 aliphatic carbocycles. The average molecular weight is 311 g/mol. The van der Waals surface area contributed by atoms with Gasteiger partial charge in [-0.15, -0.1) is 0 Å². The van der Waals surface area contributed by atoms with E-state index in [2.05, 4.69) is 48.0 Å². The summed E-state index contributed by atoms with van der Waals surface area (Å²) in [6.07, 6.45) is 1.06. The maximum Gasteiger partial charge on any atom is 0.131 e. The van der Waals surface area contributed by atoms with Crippen molar-refractivity contribution in [1.82, 2.24) is 9.88 Å². The lowest BCUT2D eigenvalue weighted by atomic mass is 9.87. The van der Waals surface area contributed by atoms with Gasteiger partial charge in [0.2, 0.25) is 0 Å². The minimum Gasteiger partial charge on any atom is -0.487 e. The van der Waals surface area contributed by atoms with Gasteiger partial charge in [0.15, 0.2) is 0 Å². The van der Waals surface area contributed by atoms with Crippen molar-refractivity contribution < 1.29 is 4.74 Å². The number of nitrogen functional groups attached to an aromatic ring is 1. The first-order valence-corrected chi connectivity index (χ1v) is 8.42. The lowest BCUT2D eigenvalue weighted by Gasteiger charge is -2.23. The molecule has 1 aromatic heterocycles. The van der Waals surface area contributed by atoms with Crippen molar-refractivity contribution in [2.75, 3.05) is 25.4 Å². The third kappa shape index (κ3) is 3.32. The summed E-state index contributed by atoms with van der Waals surface area (Å²) in [5.74, 6) is 1.83. The van der Waals surface area contributed by atoms with Gasteiger partial charge in [-0.3, -0.25) is 0 Å². The lowest BCUT2D eigenvalue weighted by Crippen LogP contribution is -2.25. The Balaban J connectivity index is 1.98. The molecular weight excluding hydrogens is 286 g/mol. The van der Waals surface area contributed by atoms with Crippen molar-refractivity contribution in [3.05, 3.63) is 53.2 Å². The normalized spacial score (nSPS) is 16.4. The van der Waals surface area contributed by atoms with Crippen molar-refractivity contribution in [2.24, 2.45) is 0 Å². The van der Waals surface area contributed by atoms with Crippen LogP contribution in [0.4, 0.5) is 5.82 Å². The van der Waals surface area contributed by atoms with E-state index in [1.165, 1.54) is 11.1 Å². The number of pyridine rings is 1. The van der Waals surface area contributed by atoms with Crippen molar-refractivity contribution in [3.63, 3.8) is 0 Å². The molecule has 3 rings (SSSR count). The van der Waals surface area contributed by atoms with Crippen LogP contribution in [-0.4, -0.2) is 29.5 Å². The highest BCUT2D eigenvalue weighted by Crippen LogP contribution is 2.39. The van der Waals surface area contributed by atoms with Crippen LogP contribution in [0.15, 0.2) is 36.4 Å². The van der Waals surface area contributed by atoms with E-state index in [9.17, 15) is 0 Å². The Kier molecular flexibility index (Phi) is 4.82. The Morgan fingerprint density at radius 3 is 2.70 bits per heavy atom. The number of ether oxygens (including phenoxy) is 1. The molecule has 0 radical (unpaired) electrons. The van der Waals surface area contributed by atoms with Crippen molar-refractivity contribution in [1.29, 1.82) is 0 Å². The summed E-state index contributed by atoms with van der Waals surface area (Å²) in [5, 5.41) is 0. The van der Waals surface area contributed by atoms with Crippen molar-refractivity contribution in [3.8, 4) is 5.75 Å². The molecule has 2 aromatic rings. The van der Waals surface area contributed by atoms with Gasteiger partial charge in [0.25, 0.3) is 0 Å². The van der Waals surface area contributed by atoms with E-state index in [-0.39, 0.29) is 0 Å². The molecule has 23 heavy (non-hydrogen) atoms. The maximum absolute atomic E-state index is 5.99. The van der Waals surface area contributed by atoms with Gasteiger partial charge in [-0.2, -0.15) is 0 Å². The zero-order valence-corrected chi connectivity index (χ0v) is 14.0. The number of fused-ring (bicyclic) bond motifs is 2. The Morgan fingerprint density at radius 2 is 1.91 bits per heavy atom. The van der Waals surface area contributed by atoms with E-state index >= 15 is 0 Å². The van der Waals surface area contributed by atoms with Crippen LogP contribution >= 0.6 is 0 Å². The Bertz CT molecular complexity index is 667. The minimum atomic E-state index is 0.303. The van der Waals surface area contributed by atoms with Crippen LogP contribution in [0.25, 0.3) is 0 Å². The molecule has 1 unspecified atom stereocenters. The molecule has 0 bridgehead atoms. The Morgan fingerprint density at radius 1 is 1.13 bits per heavy atom. The molecular formula is C19H25N3O.